The lowest BCUT2D eigenvalue weighted by molar-refractivity contribution is -0.402. The molecule has 10 nitrogen and oxygen atoms in total. The lowest BCUT2D eigenvalue weighted by Gasteiger charge is -1.94. The van der Waals surface area contributed by atoms with E-state index in [-0.39, 0.29) is 11.8 Å². The number of nitrogens with one attached hydrogen (secondary N) is 1. The van der Waals surface area contributed by atoms with E-state index in [1.807, 2.05) is 0 Å². The highest BCUT2D eigenvalue weighted by molar-refractivity contribution is 5.78. The number of rotatable bonds is 5. The van der Waals surface area contributed by atoms with Crippen LogP contribution in [0.2, 0.25) is 0 Å². The van der Waals surface area contributed by atoms with Gasteiger partial charge in [0.1, 0.15) is 10.7 Å². The van der Waals surface area contributed by atoms with Gasteiger partial charge in [-0.3, -0.25) is 31.0 Å². The second kappa shape index (κ2) is 5.34. The molecule has 18 heavy (non-hydrogen) atoms. The maximum Gasteiger partial charge on any atom is 0.433 e. The fourth-order valence-electron chi connectivity index (χ4n) is 0.990. The van der Waals surface area contributed by atoms with E-state index in [4.69, 9.17) is 4.42 Å². The minimum atomic E-state index is -0.614. The molecule has 2 aromatic heterocycles. The zero-order valence-corrected chi connectivity index (χ0v) is 8.79. The van der Waals surface area contributed by atoms with Gasteiger partial charge >= 0.3 is 5.88 Å². The number of hydrogen-bond acceptors (Lipinski definition) is 7. The molecule has 0 aliphatic carbocycles. The predicted octanol–water partition coefficient (Wildman–Crippen LogP) is 1.41. The highest BCUT2D eigenvalue weighted by Gasteiger charge is 2.09. The molecule has 0 saturated heterocycles. The van der Waals surface area contributed by atoms with Crippen molar-refractivity contribution in [3.05, 3.63) is 39.5 Å². The number of tetrazole rings is 1. The molecule has 0 bridgehead atoms. The van der Waals surface area contributed by atoms with Gasteiger partial charge in [0.25, 0.3) is 0 Å². The van der Waals surface area contributed by atoms with Gasteiger partial charge in [-0.15, -0.1) is 5.21 Å². The van der Waals surface area contributed by atoms with Crippen LogP contribution in [0.25, 0.3) is 11.5 Å². The Morgan fingerprint density at radius 1 is 1.56 bits per heavy atom. The normalized spacial score (nSPS) is 11.3. The molecule has 0 amide bonds. The number of hydrogen-bond donors (Lipinski definition) is 1. The minimum Gasteiger partial charge on any atom is -0.401 e. The standard InChI is InChI=1S/C8H6N7O3/c16-15(17)7-4-3-6(18-7)2-1-5-9-10-8-11-13-14-12-8/h1-5H,(H-,10,11,12,13,14)/q-1/b2-1+,9-5-. The van der Waals surface area contributed by atoms with Gasteiger partial charge in [0.15, 0.2) is 0 Å². The second-order valence-electron chi connectivity index (χ2n) is 2.87. The molecule has 10 heteroatoms. The van der Waals surface area contributed by atoms with Crippen LogP contribution in [0, 0.1) is 10.1 Å². The number of allylic oxidation sites excluding steroid dienone is 1. The third kappa shape index (κ3) is 2.98. The predicted molar refractivity (Wildman–Crippen MR) is 60.1 cm³/mol. The van der Waals surface area contributed by atoms with Crippen LogP contribution in [0.1, 0.15) is 5.76 Å². The molecule has 2 rings (SSSR count). The van der Waals surface area contributed by atoms with E-state index < -0.39 is 4.92 Å². The Kier molecular flexibility index (Phi) is 3.39. The molecule has 0 aliphatic heterocycles. The van der Waals surface area contributed by atoms with Crippen molar-refractivity contribution in [1.82, 2.24) is 20.6 Å². The SMILES string of the molecule is O=[N+]([O-])c1ccc(/C=C/C=N\[N-]c2nn[nH]n2)o1. The molecule has 2 aromatic rings. The highest BCUT2D eigenvalue weighted by Crippen LogP contribution is 2.16. The van der Waals surface area contributed by atoms with Crippen molar-refractivity contribution < 1.29 is 9.34 Å². The largest absolute Gasteiger partial charge is 0.433 e. The second-order valence-corrected chi connectivity index (χ2v) is 2.87. The fourth-order valence-corrected chi connectivity index (χ4v) is 0.990. The molecule has 0 fully saturated rings. The summed E-state index contributed by atoms with van der Waals surface area (Å²) in [6, 6.07) is 2.74. The topological polar surface area (TPSA) is 137 Å². The molecule has 0 aromatic carbocycles. The number of aromatic amines is 1. The van der Waals surface area contributed by atoms with Crippen LogP contribution in [0.4, 0.5) is 11.8 Å². The van der Waals surface area contributed by atoms with Crippen LogP contribution in [0.3, 0.4) is 0 Å². The van der Waals surface area contributed by atoms with Crippen LogP contribution >= 0.6 is 0 Å². The average Bonchev–Trinajstić information content (AvgIpc) is 2.98. The van der Waals surface area contributed by atoms with Crippen molar-refractivity contribution in [3.63, 3.8) is 0 Å². The van der Waals surface area contributed by atoms with E-state index in [1.54, 1.807) is 0 Å². The summed E-state index contributed by atoms with van der Waals surface area (Å²) in [5, 5.41) is 26.6. The van der Waals surface area contributed by atoms with E-state index in [2.05, 4.69) is 31.2 Å². The first-order valence-electron chi connectivity index (χ1n) is 4.64. The molecule has 0 radical (unpaired) electrons. The van der Waals surface area contributed by atoms with Crippen LogP contribution < -0.4 is 0 Å². The maximum atomic E-state index is 10.3. The van der Waals surface area contributed by atoms with Gasteiger partial charge in [0, 0.05) is 6.21 Å². The lowest BCUT2D eigenvalue weighted by atomic mass is 10.4. The Balaban J connectivity index is 1.86. The molecular formula is C8H6N7O3-. The highest BCUT2D eigenvalue weighted by atomic mass is 16.6. The quantitative estimate of drug-likeness (QED) is 0.482. The maximum absolute atomic E-state index is 10.3. The van der Waals surface area contributed by atoms with Gasteiger partial charge in [-0.25, -0.2) is 5.10 Å². The molecule has 0 saturated carbocycles. The van der Waals surface area contributed by atoms with Crippen molar-refractivity contribution in [2.75, 3.05) is 0 Å². The molecule has 0 aliphatic rings. The Morgan fingerprint density at radius 2 is 2.44 bits per heavy atom. The first-order valence-corrected chi connectivity index (χ1v) is 4.64. The molecule has 0 unspecified atom stereocenters. The first kappa shape index (κ1) is 11.4. The van der Waals surface area contributed by atoms with E-state index in [0.29, 0.717) is 5.76 Å². The van der Waals surface area contributed by atoms with Crippen LogP contribution in [0.5, 0.6) is 0 Å². The fraction of sp³-hybridized carbons (Fsp3) is 0. The summed E-state index contributed by atoms with van der Waals surface area (Å²) >= 11 is 0. The van der Waals surface area contributed by atoms with E-state index in [1.165, 1.54) is 30.5 Å². The summed E-state index contributed by atoms with van der Waals surface area (Å²) in [4.78, 5) is 9.73. The lowest BCUT2D eigenvalue weighted by Crippen LogP contribution is -1.82. The molecule has 1 N–H and O–H groups in total. The summed E-state index contributed by atoms with van der Waals surface area (Å²) < 4.78 is 4.88. The van der Waals surface area contributed by atoms with Crippen molar-refractivity contribution in [2.45, 2.75) is 0 Å². The Morgan fingerprint density at radius 3 is 3.11 bits per heavy atom. The van der Waals surface area contributed by atoms with Gasteiger partial charge in [-0.2, -0.15) is 0 Å². The van der Waals surface area contributed by atoms with Crippen molar-refractivity contribution >= 4 is 24.1 Å². The van der Waals surface area contributed by atoms with Crippen molar-refractivity contribution in [1.29, 1.82) is 0 Å². The van der Waals surface area contributed by atoms with E-state index in [0.717, 1.165) is 0 Å². The number of furan rings is 1. The molecular weight excluding hydrogens is 242 g/mol. The summed E-state index contributed by atoms with van der Waals surface area (Å²) in [5.74, 6) is 0.129. The van der Waals surface area contributed by atoms with E-state index >= 15 is 0 Å². The zero-order valence-electron chi connectivity index (χ0n) is 8.79. The van der Waals surface area contributed by atoms with Crippen LogP contribution in [-0.4, -0.2) is 31.8 Å². The molecule has 92 valence electrons. The van der Waals surface area contributed by atoms with Gasteiger partial charge in [0.05, 0.1) is 12.0 Å². The molecule has 0 atom stereocenters. The summed E-state index contributed by atoms with van der Waals surface area (Å²) in [5.41, 5.74) is 3.59. The average molecular weight is 248 g/mol. The van der Waals surface area contributed by atoms with Crippen LogP contribution in [0.15, 0.2) is 27.7 Å². The third-order valence-corrected chi connectivity index (χ3v) is 1.69. The number of H-pyrrole nitrogens is 1. The number of nitrogens with zero attached hydrogens (tertiary/aromatic N) is 6. The number of aromatic nitrogens is 4. The third-order valence-electron chi connectivity index (χ3n) is 1.69. The van der Waals surface area contributed by atoms with Gasteiger partial charge < -0.3 is 4.42 Å². The van der Waals surface area contributed by atoms with Crippen LogP contribution in [-0.2, 0) is 0 Å². The number of nitro groups is 1. The Labute approximate surface area is 99.5 Å². The van der Waals surface area contributed by atoms with Crippen molar-refractivity contribution in [2.24, 2.45) is 5.10 Å². The smallest absolute Gasteiger partial charge is 0.401 e. The minimum absolute atomic E-state index is 0.105. The molecule has 2 heterocycles. The first-order chi connectivity index (χ1) is 8.75. The molecule has 0 spiro atoms. The van der Waals surface area contributed by atoms with Gasteiger partial charge in [-0.05, 0) is 18.2 Å². The van der Waals surface area contributed by atoms with Crippen molar-refractivity contribution in [3.8, 4) is 0 Å². The summed E-state index contributed by atoms with van der Waals surface area (Å²) in [6.45, 7) is 0. The summed E-state index contributed by atoms with van der Waals surface area (Å²) in [6.07, 6.45) is 4.36. The van der Waals surface area contributed by atoms with E-state index in [9.17, 15) is 10.1 Å². The summed E-state index contributed by atoms with van der Waals surface area (Å²) in [7, 11) is 0. The van der Waals surface area contributed by atoms with Gasteiger partial charge in [0.2, 0.25) is 0 Å². The Bertz CT molecular complexity index is 571. The monoisotopic (exact) mass is 248 g/mol. The zero-order chi connectivity index (χ0) is 12.8. The van der Waals surface area contributed by atoms with Gasteiger partial charge in [-0.1, -0.05) is 0 Å². The Hall–Kier alpha value is -3.04.